The van der Waals surface area contributed by atoms with E-state index in [0.717, 1.165) is 5.56 Å². The minimum atomic E-state index is -4.59. The van der Waals surface area contributed by atoms with Crippen LogP contribution in [0.15, 0.2) is 24.3 Å². The lowest BCUT2D eigenvalue weighted by Crippen LogP contribution is -2.25. The molecule has 1 amide bonds. The van der Waals surface area contributed by atoms with Gasteiger partial charge in [-0.2, -0.15) is 8.42 Å². The van der Waals surface area contributed by atoms with Gasteiger partial charge in [-0.25, -0.2) is 0 Å². The van der Waals surface area contributed by atoms with Gasteiger partial charge < -0.3 is 9.64 Å². The molecule has 1 aromatic carbocycles. The van der Waals surface area contributed by atoms with Gasteiger partial charge in [0.05, 0.1) is 19.3 Å². The van der Waals surface area contributed by atoms with Crippen LogP contribution in [0.3, 0.4) is 0 Å². The van der Waals surface area contributed by atoms with E-state index in [4.69, 9.17) is 0 Å². The van der Waals surface area contributed by atoms with E-state index in [-0.39, 0.29) is 31.3 Å². The molecule has 1 aromatic rings. The molecule has 0 N–H and O–H groups in total. The molecule has 22 heavy (non-hydrogen) atoms. The zero-order valence-corrected chi connectivity index (χ0v) is 12.8. The first kappa shape index (κ1) is 16.4. The van der Waals surface area contributed by atoms with Gasteiger partial charge in [-0.3, -0.25) is 9.59 Å². The molecule has 0 spiro atoms. The van der Waals surface area contributed by atoms with Gasteiger partial charge in [-0.15, -0.1) is 3.89 Å². The fourth-order valence-corrected chi connectivity index (χ4v) is 3.24. The summed E-state index contributed by atoms with van der Waals surface area (Å²) in [6.07, 6.45) is 0.139. The van der Waals surface area contributed by atoms with Crippen LogP contribution in [0.25, 0.3) is 0 Å². The summed E-state index contributed by atoms with van der Waals surface area (Å²) in [5.41, 5.74) is 1.34. The largest absolute Gasteiger partial charge is 0.469 e. The van der Waals surface area contributed by atoms with Crippen LogP contribution in [-0.2, 0) is 31.0 Å². The molecule has 120 valence electrons. The summed E-state index contributed by atoms with van der Waals surface area (Å²) in [6, 6.07) is 6.72. The number of esters is 1. The van der Waals surface area contributed by atoms with Crippen molar-refractivity contribution >= 4 is 27.8 Å². The number of nitrogens with zero attached hydrogens (tertiary/aromatic N) is 1. The monoisotopic (exact) mass is 329 g/mol. The highest BCUT2D eigenvalue weighted by molar-refractivity contribution is 7.86. The first-order chi connectivity index (χ1) is 10.3. The third kappa shape index (κ3) is 4.27. The van der Waals surface area contributed by atoms with Gasteiger partial charge >= 0.3 is 16.2 Å². The van der Waals surface area contributed by atoms with E-state index in [1.165, 1.54) is 12.0 Å². The molecule has 0 radical (unpaired) electrons. The highest BCUT2D eigenvalue weighted by Crippen LogP contribution is 2.26. The summed E-state index contributed by atoms with van der Waals surface area (Å²) in [5.74, 6) is -1.79. The molecule has 1 aliphatic rings. The van der Waals surface area contributed by atoms with Crippen LogP contribution in [-0.4, -0.2) is 39.7 Å². The van der Waals surface area contributed by atoms with Crippen LogP contribution in [0.1, 0.15) is 12.0 Å². The van der Waals surface area contributed by atoms with Gasteiger partial charge in [0, 0.05) is 24.6 Å². The number of hydrogen-bond donors (Lipinski definition) is 0. The first-order valence-electron chi connectivity index (χ1n) is 6.67. The second-order valence-corrected chi connectivity index (χ2v) is 6.61. The smallest absolute Gasteiger partial charge is 0.309 e. The lowest BCUT2D eigenvalue weighted by atomic mass is 10.1. The third-order valence-corrected chi connectivity index (χ3v) is 4.33. The molecular formula is C14H16FNO5S. The van der Waals surface area contributed by atoms with E-state index < -0.39 is 21.9 Å². The van der Waals surface area contributed by atoms with Gasteiger partial charge in [-0.05, 0) is 17.7 Å². The Morgan fingerprint density at radius 1 is 1.36 bits per heavy atom. The van der Waals surface area contributed by atoms with Gasteiger partial charge in [0.25, 0.3) is 0 Å². The fraction of sp³-hybridized carbons (Fsp3) is 0.429. The summed E-state index contributed by atoms with van der Waals surface area (Å²) < 4.78 is 38.6. The molecule has 1 aliphatic heterocycles. The van der Waals surface area contributed by atoms with E-state index >= 15 is 0 Å². The van der Waals surface area contributed by atoms with E-state index in [0.29, 0.717) is 5.69 Å². The van der Waals surface area contributed by atoms with Crippen molar-refractivity contribution in [3.63, 3.8) is 0 Å². The second-order valence-electron chi connectivity index (χ2n) is 5.20. The molecule has 1 heterocycles. The molecule has 1 atom stereocenters. The number of amides is 1. The summed E-state index contributed by atoms with van der Waals surface area (Å²) in [7, 11) is -3.29. The van der Waals surface area contributed by atoms with Gasteiger partial charge in [0.1, 0.15) is 0 Å². The van der Waals surface area contributed by atoms with Crippen LogP contribution < -0.4 is 4.90 Å². The SMILES string of the molecule is COC(=O)Cc1ccc(N2CC(CS(=O)(=O)F)CC2=O)cc1. The number of rotatable bonds is 5. The summed E-state index contributed by atoms with van der Waals surface area (Å²) in [4.78, 5) is 24.5. The lowest BCUT2D eigenvalue weighted by molar-refractivity contribution is -0.139. The number of anilines is 1. The van der Waals surface area contributed by atoms with Crippen molar-refractivity contribution in [2.24, 2.45) is 5.92 Å². The average Bonchev–Trinajstić information content (AvgIpc) is 2.78. The van der Waals surface area contributed by atoms with Gasteiger partial charge in [0.2, 0.25) is 5.91 Å². The Balaban J connectivity index is 2.05. The van der Waals surface area contributed by atoms with E-state index in [9.17, 15) is 21.9 Å². The maximum Gasteiger partial charge on any atom is 0.309 e. The molecule has 8 heteroatoms. The van der Waals surface area contributed by atoms with Crippen molar-refractivity contribution in [3.05, 3.63) is 29.8 Å². The Labute approximate surface area is 128 Å². The first-order valence-corrected chi connectivity index (χ1v) is 8.22. The summed E-state index contributed by atoms with van der Waals surface area (Å²) >= 11 is 0. The van der Waals surface area contributed by atoms with Crippen molar-refractivity contribution in [3.8, 4) is 0 Å². The van der Waals surface area contributed by atoms with Crippen molar-refractivity contribution in [1.29, 1.82) is 0 Å². The maximum atomic E-state index is 12.7. The van der Waals surface area contributed by atoms with E-state index in [1.807, 2.05) is 0 Å². The zero-order chi connectivity index (χ0) is 16.3. The molecule has 0 aromatic heterocycles. The number of ether oxygens (including phenoxy) is 1. The predicted octanol–water partition coefficient (Wildman–Crippen LogP) is 1.05. The van der Waals surface area contributed by atoms with Gasteiger partial charge in [0.15, 0.2) is 0 Å². The molecule has 0 bridgehead atoms. The Morgan fingerprint density at radius 2 is 2.00 bits per heavy atom. The van der Waals surface area contributed by atoms with Crippen LogP contribution in [0.5, 0.6) is 0 Å². The van der Waals surface area contributed by atoms with Crippen molar-refractivity contribution in [2.75, 3.05) is 24.3 Å². The number of carbonyl (C=O) groups is 2. The normalized spacial score (nSPS) is 18.5. The standard InChI is InChI=1S/C14H16FNO5S/c1-21-14(18)7-10-2-4-12(5-3-10)16-8-11(6-13(16)17)9-22(15,19)20/h2-5,11H,6-9H2,1H3. The van der Waals surface area contributed by atoms with Gasteiger partial charge in [-0.1, -0.05) is 12.1 Å². The maximum absolute atomic E-state index is 12.7. The molecule has 0 aliphatic carbocycles. The number of hydrogen-bond acceptors (Lipinski definition) is 5. The molecule has 1 unspecified atom stereocenters. The molecular weight excluding hydrogens is 313 g/mol. The van der Waals surface area contributed by atoms with Crippen LogP contribution in [0.4, 0.5) is 9.57 Å². The number of halogens is 1. The number of methoxy groups -OCH3 is 1. The Kier molecular flexibility index (Phi) is 4.80. The Morgan fingerprint density at radius 3 is 2.55 bits per heavy atom. The molecule has 0 saturated carbocycles. The highest BCUT2D eigenvalue weighted by atomic mass is 32.3. The number of carbonyl (C=O) groups excluding carboxylic acids is 2. The second kappa shape index (κ2) is 6.43. The highest BCUT2D eigenvalue weighted by Gasteiger charge is 2.33. The Bertz CT molecular complexity index is 671. The number of benzene rings is 1. The molecule has 1 fully saturated rings. The van der Waals surface area contributed by atoms with Crippen LogP contribution in [0.2, 0.25) is 0 Å². The zero-order valence-electron chi connectivity index (χ0n) is 12.0. The topological polar surface area (TPSA) is 80.8 Å². The minimum absolute atomic E-state index is 0.00701. The lowest BCUT2D eigenvalue weighted by Gasteiger charge is -2.16. The quantitative estimate of drug-likeness (QED) is 0.596. The Hall–Kier alpha value is -1.96. The van der Waals surface area contributed by atoms with E-state index in [1.54, 1.807) is 24.3 Å². The average molecular weight is 329 g/mol. The predicted molar refractivity (Wildman–Crippen MR) is 77.5 cm³/mol. The van der Waals surface area contributed by atoms with Crippen LogP contribution in [0, 0.1) is 5.92 Å². The minimum Gasteiger partial charge on any atom is -0.469 e. The third-order valence-electron chi connectivity index (χ3n) is 3.46. The van der Waals surface area contributed by atoms with Crippen LogP contribution >= 0.6 is 0 Å². The summed E-state index contributed by atoms with van der Waals surface area (Å²) in [5, 5.41) is 0. The molecule has 2 rings (SSSR count). The fourth-order valence-electron chi connectivity index (χ4n) is 2.46. The molecule has 1 saturated heterocycles. The van der Waals surface area contributed by atoms with Crippen molar-refractivity contribution in [2.45, 2.75) is 12.8 Å². The van der Waals surface area contributed by atoms with E-state index in [2.05, 4.69) is 4.74 Å². The van der Waals surface area contributed by atoms with Crippen molar-refractivity contribution in [1.82, 2.24) is 0 Å². The van der Waals surface area contributed by atoms with Crippen molar-refractivity contribution < 1.29 is 26.6 Å². The molecule has 6 nitrogen and oxygen atoms in total. The summed E-state index contributed by atoms with van der Waals surface area (Å²) in [6.45, 7) is 0.165.